The molecule has 4 amide bonds. The molecule has 0 heterocycles. The fourth-order valence-corrected chi connectivity index (χ4v) is 6.56. The summed E-state index contributed by atoms with van der Waals surface area (Å²) in [7, 11) is 0. The molecule has 1 unspecified atom stereocenters. The molecule has 0 spiro atoms. The first-order valence-electron chi connectivity index (χ1n) is 20.0. The summed E-state index contributed by atoms with van der Waals surface area (Å²) in [4.78, 5) is 51.9. The Balaban J connectivity index is 1.84. The SMILES string of the molecule is CCCCCCCCc1cccc(O)c1C(=O)NNC(=O)CCCCC(CCCCC)C(=O)NNC(=O)c1c(O)cccc1CCCCCCCC. The van der Waals surface area contributed by atoms with Gasteiger partial charge >= 0.3 is 0 Å². The van der Waals surface area contributed by atoms with Gasteiger partial charge in [0.2, 0.25) is 11.8 Å². The Hall–Kier alpha value is -4.08. The molecule has 10 heteroatoms. The molecule has 2 aromatic rings. The fourth-order valence-electron chi connectivity index (χ4n) is 6.56. The molecule has 2 aromatic carbocycles. The summed E-state index contributed by atoms with van der Waals surface area (Å²) in [6, 6.07) is 10.1. The van der Waals surface area contributed by atoms with Crippen LogP contribution in [0.2, 0.25) is 0 Å². The number of hydrogen-bond acceptors (Lipinski definition) is 6. The van der Waals surface area contributed by atoms with Gasteiger partial charge in [-0.2, -0.15) is 0 Å². The summed E-state index contributed by atoms with van der Waals surface area (Å²) in [6.45, 7) is 6.46. The fraction of sp³-hybridized carbons (Fsp3) is 0.619. The monoisotopic (exact) mass is 722 g/mol. The van der Waals surface area contributed by atoms with E-state index in [1.54, 1.807) is 12.1 Å². The molecule has 0 radical (unpaired) electrons. The Bertz CT molecular complexity index is 1360. The number of rotatable bonds is 26. The molecule has 0 saturated carbocycles. The zero-order valence-corrected chi connectivity index (χ0v) is 32.1. The van der Waals surface area contributed by atoms with Crippen molar-refractivity contribution < 1.29 is 29.4 Å². The smallest absolute Gasteiger partial charge is 0.273 e. The van der Waals surface area contributed by atoms with Crippen LogP contribution in [0.15, 0.2) is 36.4 Å². The van der Waals surface area contributed by atoms with Crippen molar-refractivity contribution in [2.75, 3.05) is 0 Å². The lowest BCUT2D eigenvalue weighted by molar-refractivity contribution is -0.126. The molecule has 6 N–H and O–H groups in total. The number of hydrogen-bond donors (Lipinski definition) is 6. The first kappa shape index (κ1) is 44.1. The van der Waals surface area contributed by atoms with Crippen molar-refractivity contribution in [3.8, 4) is 11.5 Å². The average molecular weight is 723 g/mol. The van der Waals surface area contributed by atoms with E-state index in [0.29, 0.717) is 38.5 Å². The van der Waals surface area contributed by atoms with E-state index in [0.717, 1.165) is 68.9 Å². The van der Waals surface area contributed by atoms with Crippen molar-refractivity contribution in [2.45, 2.75) is 162 Å². The Labute approximate surface area is 312 Å². The van der Waals surface area contributed by atoms with Gasteiger partial charge in [-0.25, -0.2) is 0 Å². The number of unbranched alkanes of at least 4 members (excludes halogenated alkanes) is 13. The number of nitrogens with one attached hydrogen (secondary N) is 4. The molecule has 0 saturated heterocycles. The number of aryl methyl sites for hydroxylation is 2. The molecule has 0 aliphatic carbocycles. The topological polar surface area (TPSA) is 157 Å². The lowest BCUT2D eigenvalue weighted by atomic mass is 9.94. The minimum atomic E-state index is -0.555. The first-order valence-corrected chi connectivity index (χ1v) is 20.0. The van der Waals surface area contributed by atoms with E-state index in [-0.39, 0.29) is 46.8 Å². The van der Waals surface area contributed by atoms with Crippen molar-refractivity contribution in [3.63, 3.8) is 0 Å². The number of amides is 4. The largest absolute Gasteiger partial charge is 0.507 e. The molecule has 1 atom stereocenters. The van der Waals surface area contributed by atoms with Crippen molar-refractivity contribution in [3.05, 3.63) is 58.7 Å². The van der Waals surface area contributed by atoms with E-state index in [1.165, 1.54) is 50.7 Å². The minimum absolute atomic E-state index is 0.113. The normalized spacial score (nSPS) is 11.5. The molecule has 0 aromatic heterocycles. The molecule has 0 aliphatic rings. The van der Waals surface area contributed by atoms with Gasteiger partial charge < -0.3 is 10.2 Å². The van der Waals surface area contributed by atoms with E-state index >= 15 is 0 Å². The van der Waals surface area contributed by atoms with Gasteiger partial charge in [-0.1, -0.05) is 135 Å². The predicted molar refractivity (Wildman–Crippen MR) is 208 cm³/mol. The third kappa shape index (κ3) is 17.0. The molecule has 290 valence electrons. The van der Waals surface area contributed by atoms with E-state index in [2.05, 4.69) is 42.5 Å². The minimum Gasteiger partial charge on any atom is -0.507 e. The maximum atomic E-state index is 13.2. The number of aromatic hydroxyl groups is 2. The zero-order valence-electron chi connectivity index (χ0n) is 32.1. The summed E-state index contributed by atoms with van der Waals surface area (Å²) >= 11 is 0. The van der Waals surface area contributed by atoms with Crippen molar-refractivity contribution in [1.29, 1.82) is 0 Å². The highest BCUT2D eigenvalue weighted by atomic mass is 16.3. The molecule has 0 bridgehead atoms. The predicted octanol–water partition coefficient (Wildman–Crippen LogP) is 8.88. The second kappa shape index (κ2) is 26.7. The number of hydrazine groups is 2. The summed E-state index contributed by atoms with van der Waals surface area (Å²) < 4.78 is 0. The van der Waals surface area contributed by atoms with Gasteiger partial charge in [0.25, 0.3) is 11.8 Å². The highest BCUT2D eigenvalue weighted by Gasteiger charge is 2.22. The Morgan fingerprint density at radius 2 is 0.942 bits per heavy atom. The van der Waals surface area contributed by atoms with E-state index in [4.69, 9.17) is 0 Å². The maximum Gasteiger partial charge on any atom is 0.273 e. The Morgan fingerprint density at radius 1 is 0.519 bits per heavy atom. The van der Waals surface area contributed by atoms with Crippen LogP contribution < -0.4 is 21.7 Å². The number of carbonyl (C=O) groups is 4. The van der Waals surface area contributed by atoms with Crippen molar-refractivity contribution in [1.82, 2.24) is 21.7 Å². The lowest BCUT2D eigenvalue weighted by Gasteiger charge is -2.18. The van der Waals surface area contributed by atoms with Gasteiger partial charge in [-0.05, 0) is 68.2 Å². The van der Waals surface area contributed by atoms with Crippen LogP contribution in [0.25, 0.3) is 0 Å². The molecule has 2 rings (SSSR count). The highest BCUT2D eigenvalue weighted by molar-refractivity contribution is 6.00. The van der Waals surface area contributed by atoms with E-state index in [1.807, 2.05) is 12.1 Å². The lowest BCUT2D eigenvalue weighted by Crippen LogP contribution is -2.45. The van der Waals surface area contributed by atoms with Crippen LogP contribution in [-0.2, 0) is 22.4 Å². The van der Waals surface area contributed by atoms with E-state index < -0.39 is 11.8 Å². The summed E-state index contributed by atoms with van der Waals surface area (Å²) in [5.74, 6) is -2.34. The Kier molecular flexibility index (Phi) is 22.6. The van der Waals surface area contributed by atoms with Gasteiger partial charge in [0.05, 0.1) is 11.1 Å². The van der Waals surface area contributed by atoms with Crippen LogP contribution in [0.4, 0.5) is 0 Å². The standard InChI is InChI=1S/C42H66N4O6/c1-4-7-10-12-14-17-23-32-27-21-29-35(47)38(32)41(51)45-43-37(49)31-20-19-26-34(25-16-9-6-3)40(50)44-46-42(52)39-33(28-22-30-36(39)48)24-18-15-13-11-8-5-2/h21-22,27-30,34,47-48H,4-20,23-26,31H2,1-3H3,(H,43,49)(H,44,50)(H,45,51)(H,46,52). The van der Waals surface area contributed by atoms with Crippen LogP contribution in [0.3, 0.4) is 0 Å². The van der Waals surface area contributed by atoms with Gasteiger partial charge in [0.1, 0.15) is 11.5 Å². The highest BCUT2D eigenvalue weighted by Crippen LogP contribution is 2.25. The van der Waals surface area contributed by atoms with Gasteiger partial charge in [0.15, 0.2) is 0 Å². The molecule has 52 heavy (non-hydrogen) atoms. The number of carbonyl (C=O) groups excluding carboxylic acids is 4. The quantitative estimate of drug-likeness (QED) is 0.0421. The van der Waals surface area contributed by atoms with Gasteiger partial charge in [-0.15, -0.1) is 0 Å². The third-order valence-corrected chi connectivity index (χ3v) is 9.66. The molecule has 0 aliphatic heterocycles. The van der Waals surface area contributed by atoms with Crippen LogP contribution in [-0.4, -0.2) is 33.8 Å². The first-order chi connectivity index (χ1) is 25.2. The maximum absolute atomic E-state index is 13.2. The molecule has 10 nitrogen and oxygen atoms in total. The van der Waals surface area contributed by atoms with E-state index in [9.17, 15) is 29.4 Å². The zero-order chi connectivity index (χ0) is 38.0. The molecular weight excluding hydrogens is 656 g/mol. The molecule has 0 fully saturated rings. The van der Waals surface area contributed by atoms with Crippen LogP contribution >= 0.6 is 0 Å². The Morgan fingerprint density at radius 3 is 1.44 bits per heavy atom. The summed E-state index contributed by atoms with van der Waals surface area (Å²) in [5, 5.41) is 20.9. The van der Waals surface area contributed by atoms with Gasteiger partial charge in [-0.3, -0.25) is 40.9 Å². The van der Waals surface area contributed by atoms with Crippen LogP contribution in [0.1, 0.15) is 181 Å². The number of phenols is 2. The summed E-state index contributed by atoms with van der Waals surface area (Å²) in [5.41, 5.74) is 11.9. The number of phenolic OH excluding ortho intramolecular Hbond substituents is 2. The van der Waals surface area contributed by atoms with Crippen molar-refractivity contribution >= 4 is 23.6 Å². The molecular formula is C42H66N4O6. The van der Waals surface area contributed by atoms with Crippen molar-refractivity contribution in [2.24, 2.45) is 5.92 Å². The van der Waals surface area contributed by atoms with Crippen LogP contribution in [0, 0.1) is 5.92 Å². The van der Waals surface area contributed by atoms with Gasteiger partial charge in [0, 0.05) is 12.3 Å². The number of benzene rings is 2. The second-order valence-corrected chi connectivity index (χ2v) is 14.0. The third-order valence-electron chi connectivity index (χ3n) is 9.66. The average Bonchev–Trinajstić information content (AvgIpc) is 3.13. The van der Waals surface area contributed by atoms with Crippen LogP contribution in [0.5, 0.6) is 11.5 Å². The second-order valence-electron chi connectivity index (χ2n) is 14.0. The summed E-state index contributed by atoms with van der Waals surface area (Å²) in [6.07, 6.45) is 20.1.